The molecule has 0 amide bonds. The van der Waals surface area contributed by atoms with Crippen LogP contribution in [-0.4, -0.2) is 26.3 Å². The van der Waals surface area contributed by atoms with Crippen molar-refractivity contribution < 1.29 is 0 Å². The first-order valence-electron chi connectivity index (χ1n) is 6.65. The summed E-state index contributed by atoms with van der Waals surface area (Å²) in [5, 5.41) is 7.61. The molecule has 1 unspecified atom stereocenters. The third kappa shape index (κ3) is 2.65. The SMILES string of the molecule is CC(NCCn1cccn1)c1ccc2[nH]c(=O)[nH]c2c1. The highest BCUT2D eigenvalue weighted by molar-refractivity contribution is 5.75. The maximum atomic E-state index is 11.2. The molecule has 104 valence electrons. The van der Waals surface area contributed by atoms with Gasteiger partial charge >= 0.3 is 5.69 Å². The normalized spacial score (nSPS) is 12.8. The second-order valence-corrected chi connectivity index (χ2v) is 4.83. The number of nitrogens with zero attached hydrogens (tertiary/aromatic N) is 2. The summed E-state index contributed by atoms with van der Waals surface area (Å²) in [4.78, 5) is 16.8. The highest BCUT2D eigenvalue weighted by Gasteiger charge is 2.06. The van der Waals surface area contributed by atoms with Crippen molar-refractivity contribution in [1.29, 1.82) is 0 Å². The van der Waals surface area contributed by atoms with Crippen LogP contribution < -0.4 is 11.0 Å². The number of aromatic amines is 2. The molecule has 0 fully saturated rings. The quantitative estimate of drug-likeness (QED) is 0.656. The molecule has 6 nitrogen and oxygen atoms in total. The van der Waals surface area contributed by atoms with Crippen molar-refractivity contribution in [2.75, 3.05) is 6.54 Å². The number of hydrogen-bond acceptors (Lipinski definition) is 3. The molecule has 0 aliphatic rings. The lowest BCUT2D eigenvalue weighted by atomic mass is 10.1. The lowest BCUT2D eigenvalue weighted by Crippen LogP contribution is -2.23. The number of hydrogen-bond donors (Lipinski definition) is 3. The minimum absolute atomic E-state index is 0.170. The molecule has 2 heterocycles. The molecule has 0 radical (unpaired) electrons. The van der Waals surface area contributed by atoms with Crippen LogP contribution in [-0.2, 0) is 6.54 Å². The zero-order chi connectivity index (χ0) is 13.9. The van der Waals surface area contributed by atoms with Gasteiger partial charge in [-0.05, 0) is 30.7 Å². The van der Waals surface area contributed by atoms with Gasteiger partial charge in [-0.25, -0.2) is 4.79 Å². The largest absolute Gasteiger partial charge is 0.323 e. The Morgan fingerprint density at radius 3 is 3.00 bits per heavy atom. The van der Waals surface area contributed by atoms with Crippen molar-refractivity contribution in [2.24, 2.45) is 0 Å². The van der Waals surface area contributed by atoms with Crippen molar-refractivity contribution >= 4 is 11.0 Å². The van der Waals surface area contributed by atoms with E-state index < -0.39 is 0 Å². The van der Waals surface area contributed by atoms with Gasteiger partial charge in [-0.3, -0.25) is 4.68 Å². The van der Waals surface area contributed by atoms with E-state index >= 15 is 0 Å². The summed E-state index contributed by atoms with van der Waals surface area (Å²) in [5.41, 5.74) is 2.65. The number of rotatable bonds is 5. The Morgan fingerprint density at radius 1 is 1.35 bits per heavy atom. The van der Waals surface area contributed by atoms with E-state index in [1.165, 1.54) is 0 Å². The Kier molecular flexibility index (Phi) is 3.39. The zero-order valence-electron chi connectivity index (χ0n) is 11.3. The Labute approximate surface area is 115 Å². The Hall–Kier alpha value is -2.34. The van der Waals surface area contributed by atoms with E-state index in [2.05, 4.69) is 27.3 Å². The molecule has 0 aliphatic carbocycles. The van der Waals surface area contributed by atoms with Gasteiger partial charge in [0.25, 0.3) is 0 Å². The molecule has 6 heteroatoms. The fourth-order valence-corrected chi connectivity index (χ4v) is 2.27. The van der Waals surface area contributed by atoms with Crippen LogP contribution in [0.5, 0.6) is 0 Å². The molecule has 0 spiro atoms. The van der Waals surface area contributed by atoms with E-state index in [4.69, 9.17) is 0 Å². The summed E-state index contributed by atoms with van der Waals surface area (Å²) in [5.74, 6) is 0. The van der Waals surface area contributed by atoms with Crippen LogP contribution in [0, 0.1) is 0 Å². The molecule has 3 aromatic rings. The molecule has 0 saturated heterocycles. The summed E-state index contributed by atoms with van der Waals surface area (Å²) < 4.78 is 1.90. The van der Waals surface area contributed by atoms with E-state index in [0.29, 0.717) is 0 Å². The van der Waals surface area contributed by atoms with Gasteiger partial charge in [-0.2, -0.15) is 5.10 Å². The summed E-state index contributed by atoms with van der Waals surface area (Å²) in [7, 11) is 0. The van der Waals surface area contributed by atoms with Crippen LogP contribution in [0.15, 0.2) is 41.5 Å². The molecular weight excluding hydrogens is 254 g/mol. The summed E-state index contributed by atoms with van der Waals surface area (Å²) in [6.45, 7) is 3.78. The molecule has 1 atom stereocenters. The van der Waals surface area contributed by atoms with E-state index in [1.54, 1.807) is 6.20 Å². The van der Waals surface area contributed by atoms with Crippen LogP contribution in [0.25, 0.3) is 11.0 Å². The number of aromatic nitrogens is 4. The molecule has 0 saturated carbocycles. The first-order valence-corrected chi connectivity index (χ1v) is 6.65. The van der Waals surface area contributed by atoms with Crippen molar-refractivity contribution in [3.63, 3.8) is 0 Å². The lowest BCUT2D eigenvalue weighted by Gasteiger charge is -2.14. The van der Waals surface area contributed by atoms with Crippen molar-refractivity contribution in [3.05, 3.63) is 52.7 Å². The Bertz CT molecular complexity index is 740. The monoisotopic (exact) mass is 271 g/mol. The Balaban J connectivity index is 1.65. The number of fused-ring (bicyclic) bond motifs is 1. The molecule has 2 aromatic heterocycles. The fraction of sp³-hybridized carbons (Fsp3) is 0.286. The van der Waals surface area contributed by atoms with Gasteiger partial charge in [-0.1, -0.05) is 6.07 Å². The minimum atomic E-state index is -0.170. The van der Waals surface area contributed by atoms with Gasteiger partial charge in [0.1, 0.15) is 0 Å². The lowest BCUT2D eigenvalue weighted by molar-refractivity contribution is 0.507. The molecule has 0 bridgehead atoms. The number of imidazole rings is 1. The standard InChI is InChI=1S/C14H17N5O/c1-10(15-6-8-19-7-2-5-16-19)11-3-4-12-13(9-11)18-14(20)17-12/h2-5,7,9-10,15H,6,8H2,1H3,(H2,17,18,20). The average Bonchev–Trinajstić information content (AvgIpc) is 3.05. The summed E-state index contributed by atoms with van der Waals surface area (Å²) >= 11 is 0. The van der Waals surface area contributed by atoms with Crippen molar-refractivity contribution in [1.82, 2.24) is 25.1 Å². The maximum absolute atomic E-state index is 11.2. The molecule has 3 rings (SSSR count). The van der Waals surface area contributed by atoms with Gasteiger partial charge in [0.2, 0.25) is 0 Å². The zero-order valence-corrected chi connectivity index (χ0v) is 11.3. The van der Waals surface area contributed by atoms with Crippen LogP contribution >= 0.6 is 0 Å². The van der Waals surface area contributed by atoms with Crippen LogP contribution in [0.1, 0.15) is 18.5 Å². The van der Waals surface area contributed by atoms with Gasteiger partial charge in [0.05, 0.1) is 17.6 Å². The topological polar surface area (TPSA) is 78.5 Å². The molecular formula is C14H17N5O. The van der Waals surface area contributed by atoms with Crippen molar-refractivity contribution in [3.8, 4) is 0 Å². The first-order chi connectivity index (χ1) is 9.72. The second-order valence-electron chi connectivity index (χ2n) is 4.83. The molecule has 0 aliphatic heterocycles. The third-order valence-corrected chi connectivity index (χ3v) is 3.39. The average molecular weight is 271 g/mol. The van der Waals surface area contributed by atoms with E-state index in [0.717, 1.165) is 29.7 Å². The number of nitrogens with one attached hydrogen (secondary N) is 3. The Morgan fingerprint density at radius 2 is 2.20 bits per heavy atom. The number of H-pyrrole nitrogens is 2. The van der Waals surface area contributed by atoms with Crippen LogP contribution in [0.4, 0.5) is 0 Å². The van der Waals surface area contributed by atoms with Gasteiger partial charge in [0.15, 0.2) is 0 Å². The number of benzene rings is 1. The summed E-state index contributed by atoms with van der Waals surface area (Å²) in [6, 6.07) is 8.08. The molecule has 20 heavy (non-hydrogen) atoms. The smallest absolute Gasteiger partial charge is 0.308 e. The molecule has 3 N–H and O–H groups in total. The summed E-state index contributed by atoms with van der Waals surface area (Å²) in [6.07, 6.45) is 3.72. The highest BCUT2D eigenvalue weighted by atomic mass is 16.1. The maximum Gasteiger partial charge on any atom is 0.323 e. The predicted molar refractivity (Wildman–Crippen MR) is 77.6 cm³/mol. The first kappa shape index (κ1) is 12.7. The van der Waals surface area contributed by atoms with Crippen LogP contribution in [0.3, 0.4) is 0 Å². The van der Waals surface area contributed by atoms with E-state index in [-0.39, 0.29) is 11.7 Å². The van der Waals surface area contributed by atoms with E-state index in [1.807, 2.05) is 35.1 Å². The molecule has 1 aromatic carbocycles. The second kappa shape index (κ2) is 5.34. The van der Waals surface area contributed by atoms with Gasteiger partial charge in [-0.15, -0.1) is 0 Å². The van der Waals surface area contributed by atoms with Crippen molar-refractivity contribution in [2.45, 2.75) is 19.5 Å². The van der Waals surface area contributed by atoms with Gasteiger partial charge in [0, 0.05) is 25.0 Å². The third-order valence-electron chi connectivity index (χ3n) is 3.39. The van der Waals surface area contributed by atoms with E-state index in [9.17, 15) is 4.79 Å². The predicted octanol–water partition coefficient (Wildman–Crippen LogP) is 1.40. The fourth-order valence-electron chi connectivity index (χ4n) is 2.27. The minimum Gasteiger partial charge on any atom is -0.308 e. The highest BCUT2D eigenvalue weighted by Crippen LogP contribution is 2.16. The van der Waals surface area contributed by atoms with Crippen LogP contribution in [0.2, 0.25) is 0 Å². The van der Waals surface area contributed by atoms with Gasteiger partial charge < -0.3 is 15.3 Å².